The molecule has 0 spiro atoms. The minimum Gasteiger partial charge on any atom is -0.458 e. The molecule has 0 amide bonds. The minimum absolute atomic E-state index is 0.00643. The highest BCUT2D eigenvalue weighted by atomic mass is 16.6. The summed E-state index contributed by atoms with van der Waals surface area (Å²) in [6, 6.07) is 8.58. The van der Waals surface area contributed by atoms with E-state index < -0.39 is 41.9 Å². The van der Waals surface area contributed by atoms with Crippen LogP contribution in [0.25, 0.3) is 11.0 Å². The van der Waals surface area contributed by atoms with Crippen molar-refractivity contribution in [3.63, 3.8) is 0 Å². The summed E-state index contributed by atoms with van der Waals surface area (Å²) in [5, 5.41) is 32.5. The van der Waals surface area contributed by atoms with Gasteiger partial charge in [-0.3, -0.25) is 14.3 Å². The number of H-pyrrole nitrogens is 1. The van der Waals surface area contributed by atoms with E-state index in [9.17, 15) is 24.9 Å². The molecule has 0 saturated carbocycles. The van der Waals surface area contributed by atoms with Crippen molar-refractivity contribution in [1.29, 1.82) is 0 Å². The van der Waals surface area contributed by atoms with E-state index in [1.807, 2.05) is 0 Å². The van der Waals surface area contributed by atoms with Crippen LogP contribution in [0.1, 0.15) is 17.6 Å². The van der Waals surface area contributed by atoms with E-state index in [1.165, 1.54) is 13.1 Å². The van der Waals surface area contributed by atoms with Crippen LogP contribution in [0.5, 0.6) is 0 Å². The highest BCUT2D eigenvalue weighted by Gasteiger charge is 2.59. The first-order valence-corrected chi connectivity index (χ1v) is 8.34. The van der Waals surface area contributed by atoms with Crippen molar-refractivity contribution in [3.8, 4) is 0 Å². The molecule has 3 aromatic rings. The number of aromatic nitrogens is 2. The van der Waals surface area contributed by atoms with Crippen LogP contribution in [0, 0.1) is 6.92 Å². The van der Waals surface area contributed by atoms with Crippen molar-refractivity contribution >= 4 is 11.0 Å². The lowest BCUT2D eigenvalue weighted by Gasteiger charge is -2.27. The number of para-hydroxylation sites is 1. The second-order valence-corrected chi connectivity index (χ2v) is 6.60. The van der Waals surface area contributed by atoms with Crippen molar-refractivity contribution in [3.05, 3.63) is 68.7 Å². The molecule has 27 heavy (non-hydrogen) atoms. The van der Waals surface area contributed by atoms with E-state index in [-0.39, 0.29) is 11.3 Å². The lowest BCUT2D eigenvalue weighted by atomic mass is 9.89. The van der Waals surface area contributed by atoms with Gasteiger partial charge in [-0.25, -0.2) is 4.79 Å². The Bertz CT molecular complexity index is 1080. The predicted molar refractivity (Wildman–Crippen MR) is 93.2 cm³/mol. The summed E-state index contributed by atoms with van der Waals surface area (Å²) in [6.45, 7) is 0.864. The number of aliphatic hydroxyl groups excluding tert-OH is 2. The Morgan fingerprint density at radius 2 is 2.04 bits per heavy atom. The highest BCUT2D eigenvalue weighted by Crippen LogP contribution is 2.44. The summed E-state index contributed by atoms with van der Waals surface area (Å²) in [4.78, 5) is 25.9. The zero-order valence-electron chi connectivity index (χ0n) is 14.3. The number of aromatic amines is 1. The fraction of sp³-hybridized carbons (Fsp3) is 0.333. The molecule has 1 saturated heterocycles. The quantitative estimate of drug-likeness (QED) is 0.495. The van der Waals surface area contributed by atoms with Crippen molar-refractivity contribution < 1.29 is 24.5 Å². The molecule has 0 unspecified atom stereocenters. The number of hydrogen-bond acceptors (Lipinski definition) is 7. The molecular formula is C18H18N2O7. The molecule has 142 valence electrons. The van der Waals surface area contributed by atoms with Gasteiger partial charge in [-0.05, 0) is 19.1 Å². The lowest BCUT2D eigenvalue weighted by molar-refractivity contribution is -0.109. The van der Waals surface area contributed by atoms with Gasteiger partial charge in [-0.1, -0.05) is 18.2 Å². The van der Waals surface area contributed by atoms with E-state index in [4.69, 9.17) is 9.15 Å². The predicted octanol–water partition coefficient (Wildman–Crippen LogP) is -0.270. The Labute approximate surface area is 152 Å². The largest absolute Gasteiger partial charge is 0.458 e. The van der Waals surface area contributed by atoms with Crippen LogP contribution in [-0.2, 0) is 10.3 Å². The van der Waals surface area contributed by atoms with Gasteiger partial charge in [0.25, 0.3) is 5.56 Å². The molecule has 3 heterocycles. The third-order valence-corrected chi connectivity index (χ3v) is 4.92. The maximum atomic E-state index is 12.2. The highest BCUT2D eigenvalue weighted by molar-refractivity contribution is 5.78. The third kappa shape index (κ3) is 2.55. The van der Waals surface area contributed by atoms with E-state index in [2.05, 4.69) is 4.98 Å². The Kier molecular flexibility index (Phi) is 4.04. The molecule has 1 aromatic carbocycles. The van der Waals surface area contributed by atoms with Crippen LogP contribution in [0.3, 0.4) is 0 Å². The van der Waals surface area contributed by atoms with Gasteiger partial charge in [0.15, 0.2) is 11.8 Å². The first-order valence-electron chi connectivity index (χ1n) is 8.34. The molecule has 4 atom stereocenters. The van der Waals surface area contributed by atoms with Gasteiger partial charge in [0.05, 0.1) is 6.61 Å². The number of aliphatic hydroxyl groups is 3. The van der Waals surface area contributed by atoms with E-state index in [0.717, 1.165) is 4.57 Å². The number of fused-ring (bicyclic) bond motifs is 1. The lowest BCUT2D eigenvalue weighted by Crippen LogP contribution is -2.46. The van der Waals surface area contributed by atoms with Gasteiger partial charge < -0.3 is 24.5 Å². The van der Waals surface area contributed by atoms with Crippen LogP contribution < -0.4 is 11.2 Å². The van der Waals surface area contributed by atoms with Gasteiger partial charge in [-0.2, -0.15) is 0 Å². The Morgan fingerprint density at radius 3 is 2.74 bits per heavy atom. The Hall–Kier alpha value is -2.72. The van der Waals surface area contributed by atoms with Gasteiger partial charge in [0, 0.05) is 17.1 Å². The first kappa shape index (κ1) is 17.7. The SMILES string of the molecule is Cc1cn([C@@H]2O[C@H](CO)[C@](O)(c3cc4ccccc4o3)[C@H]2O)c(=O)[nH]c1=O. The number of ether oxygens (including phenoxy) is 1. The Morgan fingerprint density at radius 1 is 1.30 bits per heavy atom. The number of hydrogen-bond donors (Lipinski definition) is 4. The molecule has 0 aliphatic carbocycles. The number of rotatable bonds is 3. The van der Waals surface area contributed by atoms with Gasteiger partial charge >= 0.3 is 5.69 Å². The standard InChI is InChI=1S/C18H18N2O7/c1-9-7-20(17(24)19-15(9)23)16-14(22)18(25,13(8-21)27-16)12-6-10-4-2-3-5-11(10)26-12/h2-7,13-14,16,21-22,25H,8H2,1H3,(H,19,23,24)/t13-,14+,16-,18-/m1/s1. The zero-order chi connectivity index (χ0) is 19.3. The van der Waals surface area contributed by atoms with E-state index in [1.54, 1.807) is 30.3 Å². The summed E-state index contributed by atoms with van der Waals surface area (Å²) in [6.07, 6.45) is -2.99. The second kappa shape index (κ2) is 6.17. The average Bonchev–Trinajstić information content (AvgIpc) is 3.19. The molecule has 9 nitrogen and oxygen atoms in total. The second-order valence-electron chi connectivity index (χ2n) is 6.60. The number of nitrogens with one attached hydrogen (secondary N) is 1. The molecule has 0 bridgehead atoms. The maximum absolute atomic E-state index is 12.2. The Balaban J connectivity index is 1.83. The summed E-state index contributed by atoms with van der Waals surface area (Å²) >= 11 is 0. The average molecular weight is 374 g/mol. The number of nitrogens with zero attached hydrogens (tertiary/aromatic N) is 1. The topological polar surface area (TPSA) is 138 Å². The monoisotopic (exact) mass is 374 g/mol. The van der Waals surface area contributed by atoms with Crippen molar-refractivity contribution in [2.45, 2.75) is 31.0 Å². The molecule has 1 aliphatic rings. The molecule has 4 N–H and O–H groups in total. The maximum Gasteiger partial charge on any atom is 0.330 e. The molecule has 1 fully saturated rings. The van der Waals surface area contributed by atoms with Crippen LogP contribution in [0.2, 0.25) is 0 Å². The smallest absolute Gasteiger partial charge is 0.330 e. The molecule has 9 heteroatoms. The van der Waals surface area contributed by atoms with Crippen LogP contribution in [0.15, 0.2) is 50.5 Å². The number of benzene rings is 1. The van der Waals surface area contributed by atoms with E-state index >= 15 is 0 Å². The number of furan rings is 1. The normalized spacial score (nSPS) is 28.1. The van der Waals surface area contributed by atoms with Crippen LogP contribution >= 0.6 is 0 Å². The zero-order valence-corrected chi connectivity index (χ0v) is 14.3. The summed E-state index contributed by atoms with van der Waals surface area (Å²) in [7, 11) is 0. The first-order chi connectivity index (χ1) is 12.9. The minimum atomic E-state index is -2.10. The molecule has 2 aromatic heterocycles. The number of aryl methyl sites for hydroxylation is 1. The summed E-state index contributed by atoms with van der Waals surface area (Å²) in [5.74, 6) is 0.00643. The van der Waals surface area contributed by atoms with Gasteiger partial charge in [0.1, 0.15) is 23.6 Å². The van der Waals surface area contributed by atoms with Crippen molar-refractivity contribution in [1.82, 2.24) is 9.55 Å². The molecule has 4 rings (SSSR count). The van der Waals surface area contributed by atoms with Crippen LogP contribution in [0.4, 0.5) is 0 Å². The molecular weight excluding hydrogens is 356 g/mol. The van der Waals surface area contributed by atoms with E-state index in [0.29, 0.717) is 11.0 Å². The molecule has 0 radical (unpaired) electrons. The summed E-state index contributed by atoms with van der Waals surface area (Å²) < 4.78 is 12.2. The van der Waals surface area contributed by atoms with Crippen molar-refractivity contribution in [2.75, 3.05) is 6.61 Å². The third-order valence-electron chi connectivity index (χ3n) is 4.92. The van der Waals surface area contributed by atoms with Gasteiger partial charge in [0.2, 0.25) is 0 Å². The van der Waals surface area contributed by atoms with Crippen molar-refractivity contribution in [2.24, 2.45) is 0 Å². The van der Waals surface area contributed by atoms with Crippen LogP contribution in [-0.4, -0.2) is 43.7 Å². The fourth-order valence-electron chi connectivity index (χ4n) is 3.41. The fourth-order valence-corrected chi connectivity index (χ4v) is 3.41. The van der Waals surface area contributed by atoms with Gasteiger partial charge in [-0.15, -0.1) is 0 Å². The summed E-state index contributed by atoms with van der Waals surface area (Å²) in [5.41, 5.74) is -2.74. The molecule has 1 aliphatic heterocycles.